The van der Waals surface area contributed by atoms with Crippen molar-refractivity contribution in [3.8, 4) is 12.3 Å². The van der Waals surface area contributed by atoms with Crippen LogP contribution in [0, 0.1) is 12.3 Å². The number of thiophene rings is 1. The molecule has 0 aliphatic carbocycles. The summed E-state index contributed by atoms with van der Waals surface area (Å²) in [4.78, 5) is 12.0. The van der Waals surface area contributed by atoms with Gasteiger partial charge < -0.3 is 0 Å². The van der Waals surface area contributed by atoms with Gasteiger partial charge in [0.05, 0.1) is 9.21 Å². The van der Waals surface area contributed by atoms with Gasteiger partial charge >= 0.3 is 0 Å². The lowest BCUT2D eigenvalue weighted by Crippen LogP contribution is -1.93. The molecular formula is C9H7ClOS. The normalized spacial score (nSPS) is 9.33. The van der Waals surface area contributed by atoms with Crippen LogP contribution in [0.3, 0.4) is 0 Å². The molecule has 1 aromatic rings. The molecule has 1 heterocycles. The molecule has 0 amide bonds. The lowest BCUT2D eigenvalue weighted by atomic mass is 10.2. The smallest absolute Gasteiger partial charge is 0.173 e. The standard InChI is InChI=1S/C9H7ClOS/c1-2-3-4-7(11)8-5-6-9(10)12-8/h1,5-6H,3-4H2. The van der Waals surface area contributed by atoms with E-state index in [1.165, 1.54) is 11.3 Å². The van der Waals surface area contributed by atoms with Gasteiger partial charge in [0.2, 0.25) is 0 Å². The van der Waals surface area contributed by atoms with Gasteiger partial charge in [0.25, 0.3) is 0 Å². The first-order valence-electron chi connectivity index (χ1n) is 3.46. The highest BCUT2D eigenvalue weighted by molar-refractivity contribution is 7.18. The summed E-state index contributed by atoms with van der Waals surface area (Å²) in [6.07, 6.45) is 5.94. The fourth-order valence-corrected chi connectivity index (χ4v) is 1.78. The second-order valence-electron chi connectivity index (χ2n) is 2.23. The van der Waals surface area contributed by atoms with E-state index in [4.69, 9.17) is 18.0 Å². The molecule has 0 aliphatic rings. The van der Waals surface area contributed by atoms with Crippen molar-refractivity contribution in [2.75, 3.05) is 0 Å². The van der Waals surface area contributed by atoms with E-state index in [1.54, 1.807) is 12.1 Å². The van der Waals surface area contributed by atoms with Crippen molar-refractivity contribution < 1.29 is 4.79 Å². The Morgan fingerprint density at radius 3 is 2.92 bits per heavy atom. The molecule has 62 valence electrons. The molecule has 0 atom stereocenters. The van der Waals surface area contributed by atoms with Crippen LogP contribution in [0.15, 0.2) is 12.1 Å². The number of hydrogen-bond acceptors (Lipinski definition) is 2. The number of ketones is 1. The third-order valence-corrected chi connectivity index (χ3v) is 2.62. The predicted octanol–water partition coefficient (Wildman–Crippen LogP) is 3.00. The highest BCUT2D eigenvalue weighted by atomic mass is 35.5. The van der Waals surface area contributed by atoms with Crippen LogP contribution in [0.5, 0.6) is 0 Å². The van der Waals surface area contributed by atoms with Crippen LogP contribution in [0.4, 0.5) is 0 Å². The molecule has 0 spiro atoms. The fourth-order valence-electron chi connectivity index (χ4n) is 0.773. The van der Waals surface area contributed by atoms with Crippen molar-refractivity contribution in [2.45, 2.75) is 12.8 Å². The number of Topliss-reactive ketones (excluding diaryl/α,β-unsaturated/α-hetero) is 1. The van der Waals surface area contributed by atoms with Crippen LogP contribution < -0.4 is 0 Å². The highest BCUT2D eigenvalue weighted by Gasteiger charge is 2.06. The van der Waals surface area contributed by atoms with Crippen LogP contribution in [0.25, 0.3) is 0 Å². The maximum Gasteiger partial charge on any atom is 0.173 e. The van der Waals surface area contributed by atoms with E-state index in [9.17, 15) is 4.79 Å². The monoisotopic (exact) mass is 198 g/mol. The lowest BCUT2D eigenvalue weighted by Gasteiger charge is -1.90. The second kappa shape index (κ2) is 4.30. The molecule has 0 saturated carbocycles. The van der Waals surface area contributed by atoms with Gasteiger partial charge in [0.1, 0.15) is 0 Å². The van der Waals surface area contributed by atoms with Gasteiger partial charge in [-0.2, -0.15) is 0 Å². The van der Waals surface area contributed by atoms with E-state index < -0.39 is 0 Å². The summed E-state index contributed by atoms with van der Waals surface area (Å²) in [5, 5.41) is 0. The van der Waals surface area contributed by atoms with Gasteiger partial charge in [-0.3, -0.25) is 4.79 Å². The number of terminal acetylenes is 1. The Morgan fingerprint density at radius 1 is 1.67 bits per heavy atom. The van der Waals surface area contributed by atoms with Crippen LogP contribution in [-0.4, -0.2) is 5.78 Å². The molecule has 1 nitrogen and oxygen atoms in total. The molecular weight excluding hydrogens is 192 g/mol. The van der Waals surface area contributed by atoms with Crippen molar-refractivity contribution in [3.63, 3.8) is 0 Å². The minimum atomic E-state index is 0.0739. The molecule has 1 rings (SSSR count). The van der Waals surface area contributed by atoms with Gasteiger partial charge in [-0.1, -0.05) is 11.6 Å². The number of carbonyl (C=O) groups excluding carboxylic acids is 1. The summed E-state index contributed by atoms with van der Waals surface area (Å²) in [5.74, 6) is 2.50. The van der Waals surface area contributed by atoms with Gasteiger partial charge in [-0.05, 0) is 12.1 Å². The molecule has 0 unspecified atom stereocenters. The van der Waals surface area contributed by atoms with Crippen molar-refractivity contribution >= 4 is 28.7 Å². The SMILES string of the molecule is C#CCCC(=O)c1ccc(Cl)s1. The van der Waals surface area contributed by atoms with Crippen molar-refractivity contribution in [1.29, 1.82) is 0 Å². The van der Waals surface area contributed by atoms with Gasteiger partial charge in [0, 0.05) is 12.8 Å². The van der Waals surface area contributed by atoms with E-state index in [2.05, 4.69) is 5.92 Å². The molecule has 3 heteroatoms. The molecule has 0 N–H and O–H groups in total. The summed E-state index contributed by atoms with van der Waals surface area (Å²) in [6, 6.07) is 3.45. The van der Waals surface area contributed by atoms with E-state index >= 15 is 0 Å². The Hall–Kier alpha value is -0.780. The Labute approximate surface area is 80.4 Å². The molecule has 0 saturated heterocycles. The third-order valence-electron chi connectivity index (χ3n) is 1.34. The Kier molecular flexibility index (Phi) is 3.33. The fraction of sp³-hybridized carbons (Fsp3) is 0.222. The Balaban J connectivity index is 2.61. The summed E-state index contributed by atoms with van der Waals surface area (Å²) >= 11 is 6.96. The van der Waals surface area contributed by atoms with Gasteiger partial charge in [-0.15, -0.1) is 23.7 Å². The highest BCUT2D eigenvalue weighted by Crippen LogP contribution is 2.22. The zero-order chi connectivity index (χ0) is 8.97. The summed E-state index contributed by atoms with van der Waals surface area (Å²) in [6.45, 7) is 0. The number of rotatable bonds is 3. The van der Waals surface area contributed by atoms with Gasteiger partial charge in [-0.25, -0.2) is 0 Å². The quantitative estimate of drug-likeness (QED) is 0.539. The number of halogens is 1. The first-order chi connectivity index (χ1) is 5.74. The van der Waals surface area contributed by atoms with Crippen molar-refractivity contribution in [1.82, 2.24) is 0 Å². The van der Waals surface area contributed by atoms with Gasteiger partial charge in [0.15, 0.2) is 5.78 Å². The van der Waals surface area contributed by atoms with Crippen LogP contribution in [0.2, 0.25) is 4.34 Å². The molecule has 0 radical (unpaired) electrons. The van der Waals surface area contributed by atoms with Crippen molar-refractivity contribution in [2.24, 2.45) is 0 Å². The van der Waals surface area contributed by atoms with E-state index in [0.29, 0.717) is 22.1 Å². The minimum absolute atomic E-state index is 0.0739. The van der Waals surface area contributed by atoms with E-state index in [0.717, 1.165) is 0 Å². The molecule has 0 bridgehead atoms. The Bertz CT molecular complexity index is 322. The molecule has 0 aromatic carbocycles. The third kappa shape index (κ3) is 2.37. The predicted molar refractivity (Wildman–Crippen MR) is 51.7 cm³/mol. The molecule has 1 aromatic heterocycles. The van der Waals surface area contributed by atoms with Crippen LogP contribution in [-0.2, 0) is 0 Å². The first kappa shape index (κ1) is 9.31. The molecule has 0 aliphatic heterocycles. The van der Waals surface area contributed by atoms with E-state index in [-0.39, 0.29) is 5.78 Å². The van der Waals surface area contributed by atoms with Crippen LogP contribution in [0.1, 0.15) is 22.5 Å². The minimum Gasteiger partial charge on any atom is -0.293 e. The maximum atomic E-state index is 11.3. The summed E-state index contributed by atoms with van der Waals surface area (Å²) < 4.78 is 0.638. The lowest BCUT2D eigenvalue weighted by molar-refractivity contribution is 0.0988. The Morgan fingerprint density at radius 2 is 2.42 bits per heavy atom. The summed E-state index contributed by atoms with van der Waals surface area (Å²) in [7, 11) is 0. The zero-order valence-electron chi connectivity index (χ0n) is 6.34. The largest absolute Gasteiger partial charge is 0.293 e. The molecule has 12 heavy (non-hydrogen) atoms. The molecule has 0 fully saturated rings. The number of carbonyl (C=O) groups is 1. The average Bonchev–Trinajstić information content (AvgIpc) is 2.47. The zero-order valence-corrected chi connectivity index (χ0v) is 7.91. The summed E-state index contributed by atoms with van der Waals surface area (Å²) in [5.41, 5.74) is 0. The second-order valence-corrected chi connectivity index (χ2v) is 3.95. The topological polar surface area (TPSA) is 17.1 Å². The van der Waals surface area contributed by atoms with E-state index in [1.807, 2.05) is 0 Å². The average molecular weight is 199 g/mol. The van der Waals surface area contributed by atoms with Crippen LogP contribution >= 0.6 is 22.9 Å². The number of hydrogen-bond donors (Lipinski definition) is 0. The van der Waals surface area contributed by atoms with Crippen molar-refractivity contribution in [3.05, 3.63) is 21.3 Å². The maximum absolute atomic E-state index is 11.3. The first-order valence-corrected chi connectivity index (χ1v) is 4.65.